The van der Waals surface area contributed by atoms with E-state index in [1.807, 2.05) is 0 Å². The molecule has 2 aliphatic rings. The topological polar surface area (TPSA) is 115 Å². The van der Waals surface area contributed by atoms with Gasteiger partial charge in [0.25, 0.3) is 5.91 Å². The van der Waals surface area contributed by atoms with E-state index in [1.165, 1.54) is 13.2 Å². The molecule has 33 heavy (non-hydrogen) atoms. The van der Waals surface area contributed by atoms with E-state index in [9.17, 15) is 14.4 Å². The van der Waals surface area contributed by atoms with Gasteiger partial charge in [0.2, 0.25) is 5.91 Å². The van der Waals surface area contributed by atoms with E-state index in [-0.39, 0.29) is 11.8 Å². The summed E-state index contributed by atoms with van der Waals surface area (Å²) in [7, 11) is 1.53. The number of hydrogen-bond donors (Lipinski definition) is 2. The lowest BCUT2D eigenvalue weighted by atomic mass is 9.97. The molecule has 3 amide bonds. The number of ether oxygens (including phenoxy) is 2. The fourth-order valence-corrected chi connectivity index (χ4v) is 4.19. The molecule has 10 nitrogen and oxygen atoms in total. The van der Waals surface area contributed by atoms with Gasteiger partial charge in [-0.25, -0.2) is 4.79 Å². The quantitative estimate of drug-likeness (QED) is 0.584. The third kappa shape index (κ3) is 7.23. The van der Waals surface area contributed by atoms with Gasteiger partial charge in [0.1, 0.15) is 17.4 Å². The molecular weight excluding hydrogens is 426 g/mol. The number of carbonyl (C=O) groups is 3. The van der Waals surface area contributed by atoms with E-state index in [4.69, 9.17) is 9.47 Å². The third-order valence-corrected chi connectivity index (χ3v) is 5.77. The predicted molar refractivity (Wildman–Crippen MR) is 122 cm³/mol. The first-order valence-corrected chi connectivity index (χ1v) is 11.5. The number of carbonyl (C=O) groups excluding carboxylic acids is 3. The van der Waals surface area contributed by atoms with Gasteiger partial charge in [-0.2, -0.15) is 5.10 Å². The molecule has 2 N–H and O–H groups in total. The zero-order chi connectivity index (χ0) is 24.0. The van der Waals surface area contributed by atoms with Gasteiger partial charge in [-0.05, 0) is 33.1 Å². The van der Waals surface area contributed by atoms with Crippen molar-refractivity contribution < 1.29 is 23.9 Å². The second-order valence-electron chi connectivity index (χ2n) is 9.56. The van der Waals surface area contributed by atoms with Crippen LogP contribution in [0.25, 0.3) is 0 Å². The van der Waals surface area contributed by atoms with Crippen LogP contribution in [0.2, 0.25) is 0 Å². The van der Waals surface area contributed by atoms with Crippen molar-refractivity contribution in [3.63, 3.8) is 0 Å². The molecule has 182 valence electrons. The van der Waals surface area contributed by atoms with Gasteiger partial charge in [-0.1, -0.05) is 25.7 Å². The number of alkyl carbamates (subject to hydrolysis) is 1. The molecule has 1 aliphatic heterocycles. The van der Waals surface area contributed by atoms with Gasteiger partial charge >= 0.3 is 6.09 Å². The fourth-order valence-electron chi connectivity index (χ4n) is 4.19. The zero-order valence-corrected chi connectivity index (χ0v) is 19.9. The summed E-state index contributed by atoms with van der Waals surface area (Å²) in [5.74, 6) is 0.935. The van der Waals surface area contributed by atoms with Crippen molar-refractivity contribution >= 4 is 23.7 Å². The molecule has 1 aliphatic carbocycles. The lowest BCUT2D eigenvalue weighted by Crippen LogP contribution is -2.46. The van der Waals surface area contributed by atoms with Crippen LogP contribution in [0.4, 0.5) is 10.6 Å². The Bertz CT molecular complexity index is 882. The van der Waals surface area contributed by atoms with Crippen LogP contribution in [0.15, 0.2) is 24.1 Å². The molecule has 1 aromatic heterocycles. The van der Waals surface area contributed by atoms with Crippen LogP contribution in [0, 0.1) is 5.92 Å². The highest BCUT2D eigenvalue weighted by atomic mass is 16.6. The highest BCUT2D eigenvalue weighted by Crippen LogP contribution is 2.31. The third-order valence-electron chi connectivity index (χ3n) is 5.77. The molecule has 0 saturated heterocycles. The Balaban J connectivity index is 1.56. The predicted octanol–water partition coefficient (Wildman–Crippen LogP) is 2.67. The van der Waals surface area contributed by atoms with Crippen LogP contribution in [0.1, 0.15) is 52.9 Å². The summed E-state index contributed by atoms with van der Waals surface area (Å²) in [6, 6.07) is 1.12. The molecule has 0 aromatic carbocycles. The zero-order valence-electron chi connectivity index (χ0n) is 19.9. The average molecular weight is 462 g/mol. The van der Waals surface area contributed by atoms with Crippen molar-refractivity contribution in [2.45, 2.75) is 71.1 Å². The number of rotatable bonds is 9. The Morgan fingerprint density at radius 1 is 1.27 bits per heavy atom. The van der Waals surface area contributed by atoms with E-state index < -0.39 is 17.7 Å². The second kappa shape index (κ2) is 10.7. The lowest BCUT2D eigenvalue weighted by Gasteiger charge is -2.28. The van der Waals surface area contributed by atoms with E-state index in [1.54, 1.807) is 42.6 Å². The minimum Gasteiger partial charge on any atom is -0.499 e. The minimum atomic E-state index is -0.580. The summed E-state index contributed by atoms with van der Waals surface area (Å²) in [5.41, 5.74) is -0.557. The van der Waals surface area contributed by atoms with Crippen molar-refractivity contribution in [3.05, 3.63) is 24.1 Å². The Labute approximate surface area is 194 Å². The molecule has 1 fully saturated rings. The number of amides is 3. The molecule has 0 radical (unpaired) electrons. The molecule has 0 spiro atoms. The van der Waals surface area contributed by atoms with Crippen LogP contribution in [-0.4, -0.2) is 64.4 Å². The number of anilines is 1. The van der Waals surface area contributed by atoms with E-state index in [2.05, 4.69) is 15.7 Å². The first-order chi connectivity index (χ1) is 15.6. The molecule has 2 heterocycles. The summed E-state index contributed by atoms with van der Waals surface area (Å²) >= 11 is 0. The van der Waals surface area contributed by atoms with Crippen molar-refractivity contribution in [2.24, 2.45) is 5.92 Å². The number of aromatic nitrogens is 2. The van der Waals surface area contributed by atoms with Crippen LogP contribution in [0.3, 0.4) is 0 Å². The smallest absolute Gasteiger partial charge is 0.407 e. The average Bonchev–Trinajstić information content (AvgIpc) is 3.46. The maximum absolute atomic E-state index is 13.2. The van der Waals surface area contributed by atoms with Crippen LogP contribution >= 0.6 is 0 Å². The van der Waals surface area contributed by atoms with Crippen molar-refractivity contribution in [2.75, 3.05) is 25.5 Å². The Morgan fingerprint density at radius 3 is 2.64 bits per heavy atom. The standard InChI is InChI=1S/C23H35N5O5/c1-23(2,3)33-22(31)24-10-12-27-11-9-19(26-27)25-21(30)18(13-16-7-5-6-8-16)28-15-17(32-4)14-20(28)29/h9,11,14,16,18H,5-8,10,12-13,15H2,1-4H3,(H,24,31)(H,25,26,30)/t18-/m0/s1. The van der Waals surface area contributed by atoms with Crippen molar-refractivity contribution in [1.82, 2.24) is 20.0 Å². The largest absolute Gasteiger partial charge is 0.499 e. The number of methoxy groups -OCH3 is 1. The first kappa shape index (κ1) is 24.6. The molecule has 0 bridgehead atoms. The Kier molecular flexibility index (Phi) is 7.99. The highest BCUT2D eigenvalue weighted by molar-refractivity contribution is 5.99. The normalized spacial score (nSPS) is 17.6. The molecule has 0 unspecified atom stereocenters. The van der Waals surface area contributed by atoms with E-state index in [0.29, 0.717) is 43.6 Å². The summed E-state index contributed by atoms with van der Waals surface area (Å²) in [6.45, 7) is 6.46. The fraction of sp³-hybridized carbons (Fsp3) is 0.652. The van der Waals surface area contributed by atoms with Crippen LogP contribution in [0.5, 0.6) is 0 Å². The van der Waals surface area contributed by atoms with Crippen LogP contribution in [-0.2, 0) is 25.6 Å². The molecular formula is C23H35N5O5. The Hall–Kier alpha value is -3.04. The summed E-state index contributed by atoms with van der Waals surface area (Å²) in [5, 5.41) is 9.90. The van der Waals surface area contributed by atoms with Gasteiger partial charge in [-0.15, -0.1) is 0 Å². The second-order valence-corrected chi connectivity index (χ2v) is 9.56. The van der Waals surface area contributed by atoms with Gasteiger partial charge in [0.05, 0.1) is 20.2 Å². The minimum absolute atomic E-state index is 0.205. The van der Waals surface area contributed by atoms with Gasteiger partial charge in [0, 0.05) is 24.9 Å². The van der Waals surface area contributed by atoms with E-state index in [0.717, 1.165) is 25.7 Å². The molecule has 3 rings (SSSR count). The van der Waals surface area contributed by atoms with Gasteiger partial charge in [-0.3, -0.25) is 14.3 Å². The SMILES string of the molecule is COC1=CC(=O)N([C@@H](CC2CCCC2)C(=O)Nc2ccn(CCNC(=O)OC(C)(C)C)n2)C1. The number of nitrogens with zero attached hydrogens (tertiary/aromatic N) is 3. The summed E-state index contributed by atoms with van der Waals surface area (Å²) in [4.78, 5) is 39.0. The number of hydrogen-bond acceptors (Lipinski definition) is 6. The van der Waals surface area contributed by atoms with E-state index >= 15 is 0 Å². The van der Waals surface area contributed by atoms with Crippen molar-refractivity contribution in [1.29, 1.82) is 0 Å². The van der Waals surface area contributed by atoms with Gasteiger partial charge < -0.3 is 25.0 Å². The molecule has 1 atom stereocenters. The highest BCUT2D eigenvalue weighted by Gasteiger charge is 2.36. The monoisotopic (exact) mass is 461 g/mol. The maximum atomic E-state index is 13.2. The van der Waals surface area contributed by atoms with Crippen LogP contribution < -0.4 is 10.6 Å². The molecule has 10 heteroatoms. The van der Waals surface area contributed by atoms with Gasteiger partial charge in [0.15, 0.2) is 5.82 Å². The molecule has 1 saturated carbocycles. The summed E-state index contributed by atoms with van der Waals surface area (Å²) < 4.78 is 12.1. The molecule has 1 aromatic rings. The number of nitrogens with one attached hydrogen (secondary N) is 2. The first-order valence-electron chi connectivity index (χ1n) is 11.5. The summed E-state index contributed by atoms with van der Waals surface area (Å²) in [6.07, 6.45) is 7.80. The maximum Gasteiger partial charge on any atom is 0.407 e. The Morgan fingerprint density at radius 2 is 2.00 bits per heavy atom. The van der Waals surface area contributed by atoms with Crippen molar-refractivity contribution in [3.8, 4) is 0 Å². The lowest BCUT2D eigenvalue weighted by molar-refractivity contribution is -0.134.